The van der Waals surface area contributed by atoms with Gasteiger partial charge in [0.2, 0.25) is 5.91 Å². The number of nitrogens with one attached hydrogen (secondary N) is 1. The molecule has 0 bridgehead atoms. The molecule has 2 fully saturated rings. The predicted molar refractivity (Wildman–Crippen MR) is 105 cm³/mol. The van der Waals surface area contributed by atoms with E-state index in [4.69, 9.17) is 0 Å². The molecule has 140 valence electrons. The van der Waals surface area contributed by atoms with Crippen LogP contribution < -0.4 is 5.32 Å². The zero-order valence-electron chi connectivity index (χ0n) is 17.2. The van der Waals surface area contributed by atoms with Crippen molar-refractivity contribution in [2.75, 3.05) is 7.05 Å². The first-order valence-electron chi connectivity index (χ1n) is 9.92. The summed E-state index contributed by atoms with van der Waals surface area (Å²) in [6.45, 7) is 14.5. The minimum Gasteiger partial charge on any atom is -0.337 e. The Kier molecular flexibility index (Phi) is 10.7. The van der Waals surface area contributed by atoms with E-state index in [0.29, 0.717) is 6.04 Å². The Hall–Kier alpha value is -1.32. The number of amidine groups is 1. The molecule has 0 radical (unpaired) electrons. The van der Waals surface area contributed by atoms with Crippen molar-refractivity contribution in [3.63, 3.8) is 0 Å². The maximum Gasteiger partial charge on any atom is 0.250 e. The molecule has 0 spiro atoms. The summed E-state index contributed by atoms with van der Waals surface area (Å²) < 4.78 is 0. The Bertz CT molecular complexity index is 442. The highest BCUT2D eigenvalue weighted by Gasteiger charge is 2.54. The summed E-state index contributed by atoms with van der Waals surface area (Å²) >= 11 is 0. The summed E-state index contributed by atoms with van der Waals surface area (Å²) in [6, 6.07) is 0.435. The van der Waals surface area contributed by atoms with E-state index in [1.54, 1.807) is 0 Å². The number of rotatable bonds is 4. The van der Waals surface area contributed by atoms with Crippen LogP contribution in [-0.2, 0) is 4.79 Å². The van der Waals surface area contributed by atoms with Gasteiger partial charge in [-0.05, 0) is 32.1 Å². The van der Waals surface area contributed by atoms with Crippen LogP contribution in [0.4, 0.5) is 0 Å². The topological polar surface area (TPSA) is 44.7 Å². The smallest absolute Gasteiger partial charge is 0.250 e. The lowest BCUT2D eigenvalue weighted by atomic mass is 9.89. The highest BCUT2D eigenvalue weighted by molar-refractivity contribution is 6.09. The van der Waals surface area contributed by atoms with Gasteiger partial charge in [-0.1, -0.05) is 61.0 Å². The van der Waals surface area contributed by atoms with E-state index < -0.39 is 0 Å². The predicted octanol–water partition coefficient (Wildman–Crippen LogP) is 4.90. The van der Waals surface area contributed by atoms with Crippen LogP contribution in [0.5, 0.6) is 0 Å². The largest absolute Gasteiger partial charge is 0.337 e. The number of carbonyl (C=O) groups is 1. The molecule has 2 saturated heterocycles. The van der Waals surface area contributed by atoms with Crippen LogP contribution in [0.2, 0.25) is 0 Å². The highest BCUT2D eigenvalue weighted by Crippen LogP contribution is 2.41. The van der Waals surface area contributed by atoms with Crippen LogP contribution in [0, 0.1) is 0 Å². The number of fused-ring (bicyclic) bond motifs is 1. The molecule has 0 aromatic carbocycles. The van der Waals surface area contributed by atoms with Gasteiger partial charge in [0.15, 0.2) is 0 Å². The minimum atomic E-state index is -0.376. The maximum atomic E-state index is 12.7. The molecule has 0 aromatic rings. The van der Waals surface area contributed by atoms with Crippen LogP contribution in [0.1, 0.15) is 87.0 Å². The summed E-state index contributed by atoms with van der Waals surface area (Å²) in [4.78, 5) is 19.5. The lowest BCUT2D eigenvalue weighted by Crippen LogP contribution is -2.64. The van der Waals surface area contributed by atoms with Crippen molar-refractivity contribution in [3.8, 4) is 0 Å². The molecule has 2 unspecified atom stereocenters. The monoisotopic (exact) mass is 337 g/mol. The van der Waals surface area contributed by atoms with Gasteiger partial charge in [-0.25, -0.2) is 0 Å². The summed E-state index contributed by atoms with van der Waals surface area (Å²) in [6.07, 6.45) is 8.09. The number of piperazine rings is 1. The Morgan fingerprint density at radius 2 is 1.88 bits per heavy atom. The number of hydrogen-bond donors (Lipinski definition) is 1. The van der Waals surface area contributed by atoms with Crippen molar-refractivity contribution < 1.29 is 4.79 Å². The standard InChI is InChI=1S/C16H27N3O.2C2H6/c1-5-8-9-13-14(17-4)19-12(6-2)10-11-16(19,7-3)15(20)18-13;2*1-2/h9,12H,5-8,10-11H2,1-4H3,(H,18,20);2*1-2H3/b13-9+,17-14?;;. The number of allylic oxidation sites excluding steroid dienone is 1. The Morgan fingerprint density at radius 3 is 2.33 bits per heavy atom. The van der Waals surface area contributed by atoms with E-state index in [1.807, 2.05) is 34.7 Å². The first-order valence-corrected chi connectivity index (χ1v) is 9.92. The first-order chi connectivity index (χ1) is 11.6. The molecule has 4 nitrogen and oxygen atoms in total. The van der Waals surface area contributed by atoms with E-state index in [2.05, 4.69) is 42.1 Å². The SMILES string of the molecule is CC.CC.CCC/C=C1/NC(=O)C2(CC)CCC(CC)N2C1=NC. The van der Waals surface area contributed by atoms with Gasteiger partial charge in [0.05, 0.1) is 5.70 Å². The lowest BCUT2D eigenvalue weighted by Gasteiger charge is -2.46. The third kappa shape index (κ3) is 4.20. The van der Waals surface area contributed by atoms with Crippen molar-refractivity contribution in [2.24, 2.45) is 4.99 Å². The van der Waals surface area contributed by atoms with Gasteiger partial charge < -0.3 is 10.2 Å². The summed E-state index contributed by atoms with van der Waals surface area (Å²) in [7, 11) is 1.83. The van der Waals surface area contributed by atoms with E-state index in [1.165, 1.54) is 0 Å². The van der Waals surface area contributed by atoms with Gasteiger partial charge in [-0.15, -0.1) is 0 Å². The minimum absolute atomic E-state index is 0.158. The van der Waals surface area contributed by atoms with Gasteiger partial charge in [-0.2, -0.15) is 0 Å². The molecule has 4 heteroatoms. The van der Waals surface area contributed by atoms with E-state index in [0.717, 1.165) is 50.1 Å². The van der Waals surface area contributed by atoms with E-state index >= 15 is 0 Å². The maximum absolute atomic E-state index is 12.7. The molecule has 2 heterocycles. The van der Waals surface area contributed by atoms with Crippen LogP contribution in [-0.4, -0.2) is 35.3 Å². The Balaban J connectivity index is 0.00000123. The fourth-order valence-corrected chi connectivity index (χ4v) is 3.58. The van der Waals surface area contributed by atoms with Gasteiger partial charge in [0.25, 0.3) is 0 Å². The number of carbonyl (C=O) groups excluding carboxylic acids is 1. The number of hydrogen-bond acceptors (Lipinski definition) is 2. The van der Waals surface area contributed by atoms with Crippen LogP contribution in [0.3, 0.4) is 0 Å². The second kappa shape index (κ2) is 11.3. The molecule has 1 amide bonds. The van der Waals surface area contributed by atoms with Crippen LogP contribution in [0.25, 0.3) is 0 Å². The van der Waals surface area contributed by atoms with Crippen molar-refractivity contribution in [3.05, 3.63) is 11.8 Å². The normalized spacial score (nSPS) is 28.6. The molecular weight excluding hydrogens is 298 g/mol. The van der Waals surface area contributed by atoms with Crippen LogP contribution >= 0.6 is 0 Å². The fraction of sp³-hybridized carbons (Fsp3) is 0.800. The molecule has 0 saturated carbocycles. The molecule has 0 aliphatic carbocycles. The highest BCUT2D eigenvalue weighted by atomic mass is 16.2. The van der Waals surface area contributed by atoms with Gasteiger partial charge >= 0.3 is 0 Å². The van der Waals surface area contributed by atoms with Gasteiger partial charge in [0, 0.05) is 13.1 Å². The Labute approximate surface area is 149 Å². The molecule has 2 aliphatic rings. The average Bonchev–Trinajstić information content (AvgIpc) is 3.04. The molecular formula is C20H39N3O. The number of amides is 1. The van der Waals surface area contributed by atoms with Crippen molar-refractivity contribution in [2.45, 2.75) is 98.6 Å². The van der Waals surface area contributed by atoms with Crippen molar-refractivity contribution >= 4 is 11.7 Å². The van der Waals surface area contributed by atoms with E-state index in [-0.39, 0.29) is 11.4 Å². The van der Waals surface area contributed by atoms with Gasteiger partial charge in [0.1, 0.15) is 11.4 Å². The summed E-state index contributed by atoms with van der Waals surface area (Å²) in [5, 5.41) is 3.11. The molecule has 24 heavy (non-hydrogen) atoms. The fourth-order valence-electron chi connectivity index (χ4n) is 3.58. The summed E-state index contributed by atoms with van der Waals surface area (Å²) in [5.41, 5.74) is 0.530. The van der Waals surface area contributed by atoms with E-state index in [9.17, 15) is 4.79 Å². The summed E-state index contributed by atoms with van der Waals surface area (Å²) in [5.74, 6) is 1.13. The molecule has 2 atom stereocenters. The third-order valence-electron chi connectivity index (χ3n) is 4.76. The first kappa shape index (κ1) is 22.7. The molecule has 0 aromatic heterocycles. The molecule has 2 aliphatic heterocycles. The number of unbranched alkanes of at least 4 members (excludes halogenated alkanes) is 1. The second-order valence-corrected chi connectivity index (χ2v) is 5.76. The quantitative estimate of drug-likeness (QED) is 0.792. The number of aliphatic imine (C=N–C) groups is 1. The van der Waals surface area contributed by atoms with Gasteiger partial charge in [-0.3, -0.25) is 9.79 Å². The molecule has 2 rings (SSSR count). The molecule has 1 N–H and O–H groups in total. The zero-order valence-corrected chi connectivity index (χ0v) is 17.2. The third-order valence-corrected chi connectivity index (χ3v) is 4.76. The van der Waals surface area contributed by atoms with Crippen LogP contribution in [0.15, 0.2) is 16.8 Å². The zero-order chi connectivity index (χ0) is 18.8. The van der Waals surface area contributed by atoms with Crippen molar-refractivity contribution in [1.29, 1.82) is 0 Å². The number of nitrogens with zero attached hydrogens (tertiary/aromatic N) is 2. The Morgan fingerprint density at radius 1 is 1.25 bits per heavy atom. The average molecular weight is 338 g/mol. The van der Waals surface area contributed by atoms with Crippen molar-refractivity contribution in [1.82, 2.24) is 10.2 Å². The second-order valence-electron chi connectivity index (χ2n) is 5.76. The lowest BCUT2D eigenvalue weighted by molar-refractivity contribution is -0.131.